The van der Waals surface area contributed by atoms with Crippen molar-refractivity contribution in [1.82, 2.24) is 5.32 Å². The summed E-state index contributed by atoms with van der Waals surface area (Å²) in [7, 11) is 1.37. The minimum Gasteiger partial charge on any atom is -0.493 e. The molecule has 2 N–H and O–H groups in total. The van der Waals surface area contributed by atoms with Crippen LogP contribution in [0.1, 0.15) is 18.0 Å². The highest BCUT2D eigenvalue weighted by atomic mass is 19.1. The second-order valence-corrected chi connectivity index (χ2v) is 4.77. The lowest BCUT2D eigenvalue weighted by Crippen LogP contribution is -2.18. The molecule has 0 spiro atoms. The number of nitrogens with one attached hydrogen (secondary N) is 1. The highest BCUT2D eigenvalue weighted by molar-refractivity contribution is 5.71. The molecule has 6 nitrogen and oxygen atoms in total. The number of ether oxygens (including phenoxy) is 3. The van der Waals surface area contributed by atoms with Gasteiger partial charge >= 0.3 is 5.97 Å². The molecule has 0 saturated carbocycles. The van der Waals surface area contributed by atoms with Gasteiger partial charge in [-0.1, -0.05) is 0 Å². The first-order valence-electron chi connectivity index (χ1n) is 6.24. The van der Waals surface area contributed by atoms with Crippen molar-refractivity contribution in [2.75, 3.05) is 20.4 Å². The lowest BCUT2D eigenvalue weighted by Gasteiger charge is -2.17. The molecule has 0 aromatic heterocycles. The van der Waals surface area contributed by atoms with Crippen LogP contribution in [0, 0.1) is 11.7 Å². The van der Waals surface area contributed by atoms with Crippen LogP contribution in [0.4, 0.5) is 4.39 Å². The Bertz CT molecular complexity index is 558. The fraction of sp³-hybridized carbons (Fsp3) is 0.462. The van der Waals surface area contributed by atoms with Gasteiger partial charge < -0.3 is 24.6 Å². The first kappa shape index (κ1) is 13.0. The van der Waals surface area contributed by atoms with E-state index in [1.807, 2.05) is 0 Å². The third kappa shape index (κ3) is 1.94. The number of hydrogen-bond acceptors (Lipinski definition) is 5. The molecule has 2 aliphatic heterocycles. The fourth-order valence-corrected chi connectivity index (χ4v) is 2.69. The maximum absolute atomic E-state index is 14.0. The third-order valence-corrected chi connectivity index (χ3v) is 3.64. The zero-order valence-electron chi connectivity index (χ0n) is 10.8. The molecule has 2 aliphatic rings. The molecular weight excluding hydrogens is 269 g/mol. The van der Waals surface area contributed by atoms with Crippen LogP contribution in [0.2, 0.25) is 0 Å². The number of hydrogen-bond donors (Lipinski definition) is 2. The number of aliphatic carboxylic acids is 1. The van der Waals surface area contributed by atoms with E-state index in [9.17, 15) is 9.18 Å². The second kappa shape index (κ2) is 4.82. The van der Waals surface area contributed by atoms with Crippen LogP contribution in [0.25, 0.3) is 0 Å². The molecule has 3 rings (SSSR count). The Labute approximate surface area is 114 Å². The molecule has 1 fully saturated rings. The Morgan fingerprint density at radius 2 is 2.35 bits per heavy atom. The number of rotatable bonds is 3. The molecule has 1 aromatic rings. The molecule has 1 aromatic carbocycles. The zero-order chi connectivity index (χ0) is 14.3. The van der Waals surface area contributed by atoms with Crippen LogP contribution in [0.15, 0.2) is 6.07 Å². The van der Waals surface area contributed by atoms with Gasteiger partial charge in [-0.15, -0.1) is 0 Å². The second-order valence-electron chi connectivity index (χ2n) is 4.77. The van der Waals surface area contributed by atoms with E-state index in [0.29, 0.717) is 30.0 Å². The molecule has 108 valence electrons. The number of methoxy groups -OCH3 is 1. The number of fused-ring (bicyclic) bond motifs is 1. The molecule has 20 heavy (non-hydrogen) atoms. The van der Waals surface area contributed by atoms with E-state index in [4.69, 9.17) is 19.3 Å². The third-order valence-electron chi connectivity index (χ3n) is 3.64. The Morgan fingerprint density at radius 1 is 1.55 bits per heavy atom. The van der Waals surface area contributed by atoms with Gasteiger partial charge in [0.05, 0.1) is 18.6 Å². The largest absolute Gasteiger partial charge is 0.493 e. The molecule has 0 aliphatic carbocycles. The van der Waals surface area contributed by atoms with E-state index in [1.54, 1.807) is 0 Å². The van der Waals surface area contributed by atoms with Crippen LogP contribution in [0.5, 0.6) is 17.2 Å². The minimum absolute atomic E-state index is 0.0179. The Hall–Kier alpha value is -2.02. The molecule has 1 saturated heterocycles. The lowest BCUT2D eigenvalue weighted by atomic mass is 9.98. The molecule has 2 atom stereocenters. The van der Waals surface area contributed by atoms with E-state index in [2.05, 4.69) is 5.32 Å². The maximum atomic E-state index is 14.0. The Kier molecular flexibility index (Phi) is 3.13. The summed E-state index contributed by atoms with van der Waals surface area (Å²) in [6.45, 7) is 0.347. The van der Waals surface area contributed by atoms with Crippen molar-refractivity contribution in [3.8, 4) is 17.2 Å². The maximum Gasteiger partial charge on any atom is 0.307 e. The molecule has 7 heteroatoms. The first-order chi connectivity index (χ1) is 9.61. The standard InChI is InChI=1S/C13H14FNO5/c1-18-11-7(14)3-9-12(20-5-19-9)10(11)8-2-6(4-15-8)13(16)17/h3,6,8,15H,2,4-5H2,1H3,(H,16,17). The van der Waals surface area contributed by atoms with Crippen molar-refractivity contribution in [3.63, 3.8) is 0 Å². The number of halogens is 1. The van der Waals surface area contributed by atoms with Gasteiger partial charge in [0.2, 0.25) is 6.79 Å². The van der Waals surface area contributed by atoms with Gasteiger partial charge in [0, 0.05) is 18.7 Å². The first-order valence-corrected chi connectivity index (χ1v) is 6.24. The van der Waals surface area contributed by atoms with Crippen molar-refractivity contribution >= 4 is 5.97 Å². The van der Waals surface area contributed by atoms with Crippen LogP contribution in [0.3, 0.4) is 0 Å². The summed E-state index contributed by atoms with van der Waals surface area (Å²) < 4.78 is 29.7. The van der Waals surface area contributed by atoms with E-state index in [-0.39, 0.29) is 18.6 Å². The fourth-order valence-electron chi connectivity index (χ4n) is 2.69. The van der Waals surface area contributed by atoms with Gasteiger partial charge in [-0.3, -0.25) is 4.79 Å². The molecule has 0 bridgehead atoms. The molecule has 2 heterocycles. The molecule has 0 radical (unpaired) electrons. The van der Waals surface area contributed by atoms with Gasteiger partial charge in [0.25, 0.3) is 0 Å². The average Bonchev–Trinajstić information content (AvgIpc) is 3.05. The van der Waals surface area contributed by atoms with Gasteiger partial charge in [-0.05, 0) is 6.42 Å². The molecule has 2 unspecified atom stereocenters. The van der Waals surface area contributed by atoms with Crippen molar-refractivity contribution in [2.45, 2.75) is 12.5 Å². The van der Waals surface area contributed by atoms with Crippen molar-refractivity contribution in [1.29, 1.82) is 0 Å². The summed E-state index contributed by atoms with van der Waals surface area (Å²) in [4.78, 5) is 11.0. The van der Waals surface area contributed by atoms with Gasteiger partial charge in [-0.2, -0.15) is 0 Å². The summed E-state index contributed by atoms with van der Waals surface area (Å²) in [6, 6.07) is 0.881. The molecular formula is C13H14FNO5. The highest BCUT2D eigenvalue weighted by Crippen LogP contribution is 2.47. The average molecular weight is 283 g/mol. The predicted molar refractivity (Wildman–Crippen MR) is 65.6 cm³/mol. The van der Waals surface area contributed by atoms with Gasteiger partial charge in [-0.25, -0.2) is 4.39 Å². The van der Waals surface area contributed by atoms with Crippen LogP contribution in [-0.4, -0.2) is 31.5 Å². The number of carboxylic acid groups (broad SMARTS) is 1. The van der Waals surface area contributed by atoms with E-state index < -0.39 is 17.7 Å². The van der Waals surface area contributed by atoms with Crippen molar-refractivity contribution in [3.05, 3.63) is 17.4 Å². The summed E-state index contributed by atoms with van der Waals surface area (Å²) in [5.41, 5.74) is 0.490. The monoisotopic (exact) mass is 283 g/mol. The number of carbonyl (C=O) groups is 1. The van der Waals surface area contributed by atoms with Gasteiger partial charge in [0.1, 0.15) is 0 Å². The minimum atomic E-state index is -0.871. The van der Waals surface area contributed by atoms with Gasteiger partial charge in [0.15, 0.2) is 23.1 Å². The Balaban J connectivity index is 2.02. The number of carboxylic acids is 1. The van der Waals surface area contributed by atoms with Crippen LogP contribution >= 0.6 is 0 Å². The summed E-state index contributed by atoms with van der Waals surface area (Å²) in [5.74, 6) is -1.12. The summed E-state index contributed by atoms with van der Waals surface area (Å²) in [6.07, 6.45) is 0.352. The van der Waals surface area contributed by atoms with E-state index in [0.717, 1.165) is 0 Å². The predicted octanol–water partition coefficient (Wildman–Crippen LogP) is 1.30. The SMILES string of the molecule is COc1c(F)cc2c(c1C1CC(C(=O)O)CN1)OCO2. The normalized spacial score (nSPS) is 23.9. The van der Waals surface area contributed by atoms with Crippen LogP contribution < -0.4 is 19.5 Å². The van der Waals surface area contributed by atoms with Crippen LogP contribution in [-0.2, 0) is 4.79 Å². The van der Waals surface area contributed by atoms with Crippen molar-refractivity contribution in [2.24, 2.45) is 5.92 Å². The van der Waals surface area contributed by atoms with E-state index >= 15 is 0 Å². The lowest BCUT2D eigenvalue weighted by molar-refractivity contribution is -0.141. The number of benzene rings is 1. The smallest absolute Gasteiger partial charge is 0.307 e. The highest BCUT2D eigenvalue weighted by Gasteiger charge is 2.37. The molecule has 0 amide bonds. The van der Waals surface area contributed by atoms with Crippen molar-refractivity contribution < 1.29 is 28.5 Å². The van der Waals surface area contributed by atoms with E-state index in [1.165, 1.54) is 13.2 Å². The Morgan fingerprint density at radius 3 is 3.00 bits per heavy atom. The summed E-state index contributed by atoms with van der Waals surface area (Å²) >= 11 is 0. The quantitative estimate of drug-likeness (QED) is 0.870. The summed E-state index contributed by atoms with van der Waals surface area (Å²) in [5, 5.41) is 12.1. The topological polar surface area (TPSA) is 77.0 Å². The zero-order valence-corrected chi connectivity index (χ0v) is 10.8.